The fourth-order valence-electron chi connectivity index (χ4n) is 3.94. The van der Waals surface area contributed by atoms with E-state index in [9.17, 15) is 22.8 Å². The lowest BCUT2D eigenvalue weighted by atomic mass is 9.92. The molecule has 0 spiro atoms. The van der Waals surface area contributed by atoms with E-state index in [1.54, 1.807) is 30.3 Å². The summed E-state index contributed by atoms with van der Waals surface area (Å²) in [6.07, 6.45) is -2.49. The first-order chi connectivity index (χ1) is 19.4. The van der Waals surface area contributed by atoms with Crippen LogP contribution in [-0.4, -0.2) is 30.8 Å². The van der Waals surface area contributed by atoms with Gasteiger partial charge in [-0.15, -0.1) is 0 Å². The van der Waals surface area contributed by atoms with Crippen molar-refractivity contribution in [2.24, 2.45) is 0 Å². The minimum Gasteiger partial charge on any atom is -0.455 e. The van der Waals surface area contributed by atoms with Crippen LogP contribution in [0, 0.1) is 0 Å². The third-order valence-electron chi connectivity index (χ3n) is 5.93. The molecule has 3 aromatic heterocycles. The van der Waals surface area contributed by atoms with Gasteiger partial charge >= 0.3 is 12.2 Å². The zero-order valence-electron chi connectivity index (χ0n) is 22.1. The van der Waals surface area contributed by atoms with Crippen LogP contribution in [0.15, 0.2) is 77.9 Å². The highest BCUT2D eigenvalue weighted by atomic mass is 19.4. The molecule has 0 unspecified atom stereocenters. The maximum absolute atomic E-state index is 14.1. The van der Waals surface area contributed by atoms with Crippen molar-refractivity contribution in [3.05, 3.63) is 94.7 Å². The second-order valence-corrected chi connectivity index (χ2v) is 10.1. The number of halogens is 3. The number of carbonyl (C=O) groups is 1. The first-order valence-electron chi connectivity index (χ1n) is 12.4. The first-order valence-corrected chi connectivity index (χ1v) is 12.4. The molecule has 2 aromatic carbocycles. The molecule has 0 radical (unpaired) electrons. The maximum Gasteiger partial charge on any atom is 0.418 e. The number of urea groups is 1. The lowest BCUT2D eigenvalue weighted by molar-refractivity contribution is -0.137. The van der Waals surface area contributed by atoms with Crippen molar-refractivity contribution in [1.82, 2.24) is 24.7 Å². The largest absolute Gasteiger partial charge is 0.455 e. The monoisotopic (exact) mass is 563 g/mol. The molecule has 0 aliphatic rings. The number of ether oxygens (including phenoxy) is 1. The van der Waals surface area contributed by atoms with E-state index in [2.05, 4.69) is 30.7 Å². The zero-order valence-corrected chi connectivity index (χ0v) is 22.1. The Morgan fingerprint density at radius 2 is 1.73 bits per heavy atom. The van der Waals surface area contributed by atoms with Gasteiger partial charge in [-0.05, 0) is 30.3 Å². The van der Waals surface area contributed by atoms with Gasteiger partial charge in [0.2, 0.25) is 0 Å². The van der Waals surface area contributed by atoms with Crippen molar-refractivity contribution in [2.45, 2.75) is 32.4 Å². The van der Waals surface area contributed by atoms with Crippen molar-refractivity contribution >= 4 is 28.7 Å². The fraction of sp³-hybridized carbons (Fsp3) is 0.179. The molecule has 0 saturated carbocycles. The van der Waals surface area contributed by atoms with E-state index in [4.69, 9.17) is 4.74 Å². The maximum atomic E-state index is 14.1. The van der Waals surface area contributed by atoms with Crippen molar-refractivity contribution in [1.29, 1.82) is 0 Å². The molecule has 210 valence electrons. The number of rotatable bonds is 5. The molecule has 3 N–H and O–H groups in total. The van der Waals surface area contributed by atoms with Crippen LogP contribution in [0.2, 0.25) is 0 Å². The van der Waals surface area contributed by atoms with Crippen molar-refractivity contribution < 1.29 is 22.7 Å². The number of fused-ring (bicyclic) bond motifs is 1. The number of pyridine rings is 1. The highest BCUT2D eigenvalue weighted by molar-refractivity contribution is 6.00. The summed E-state index contributed by atoms with van der Waals surface area (Å²) in [5.41, 5.74) is -0.830. The number of aromatic nitrogens is 5. The Morgan fingerprint density at radius 3 is 2.44 bits per heavy atom. The van der Waals surface area contributed by atoms with Crippen LogP contribution >= 0.6 is 0 Å². The molecule has 10 nitrogen and oxygen atoms in total. The molecule has 3 heterocycles. The number of aromatic amines is 1. The average molecular weight is 564 g/mol. The van der Waals surface area contributed by atoms with E-state index in [-0.39, 0.29) is 33.9 Å². The van der Waals surface area contributed by atoms with Crippen LogP contribution in [0.25, 0.3) is 16.9 Å². The van der Waals surface area contributed by atoms with Crippen molar-refractivity contribution in [3.8, 4) is 17.2 Å². The predicted octanol–water partition coefficient (Wildman–Crippen LogP) is 6.26. The highest BCUT2D eigenvalue weighted by Crippen LogP contribution is 2.39. The molecule has 0 fully saturated rings. The highest BCUT2D eigenvalue weighted by Gasteiger charge is 2.35. The normalized spacial score (nSPS) is 11.9. The number of anilines is 2. The Labute approximate surface area is 231 Å². The molecule has 0 atom stereocenters. The third-order valence-corrected chi connectivity index (χ3v) is 5.93. The molecule has 2 amide bonds. The molecule has 0 aliphatic carbocycles. The second-order valence-electron chi connectivity index (χ2n) is 10.1. The summed E-state index contributed by atoms with van der Waals surface area (Å²) >= 11 is 0. The summed E-state index contributed by atoms with van der Waals surface area (Å²) in [6, 6.07) is 14.3. The van der Waals surface area contributed by atoms with Crippen LogP contribution < -0.4 is 20.9 Å². The third kappa shape index (κ3) is 6.03. The van der Waals surface area contributed by atoms with Gasteiger partial charge in [-0.1, -0.05) is 39.0 Å². The first kappa shape index (κ1) is 27.4. The van der Waals surface area contributed by atoms with Gasteiger partial charge in [0.1, 0.15) is 17.1 Å². The summed E-state index contributed by atoms with van der Waals surface area (Å²) in [4.78, 5) is 34.9. The number of H-pyrrole nitrogens is 1. The summed E-state index contributed by atoms with van der Waals surface area (Å²) in [6.45, 7) is 5.87. The molecule has 41 heavy (non-hydrogen) atoms. The quantitative estimate of drug-likeness (QED) is 0.232. The SMILES string of the molecule is CC(C)(C)c1cc(NC(=O)Nc2ccc(Oc3ccnc4[nH]c(=O)cnc34)cc2C(F)(F)F)n(-c2ccccc2)n1. The predicted molar refractivity (Wildman–Crippen MR) is 147 cm³/mol. The molecule has 0 aliphatic heterocycles. The van der Waals surface area contributed by atoms with E-state index in [0.717, 1.165) is 18.3 Å². The van der Waals surface area contributed by atoms with Gasteiger partial charge < -0.3 is 15.0 Å². The fourth-order valence-corrected chi connectivity index (χ4v) is 3.94. The summed E-state index contributed by atoms with van der Waals surface area (Å²) in [5.74, 6) is 0.199. The number of nitrogens with zero attached hydrogens (tertiary/aromatic N) is 4. The smallest absolute Gasteiger partial charge is 0.418 e. The van der Waals surface area contributed by atoms with Crippen molar-refractivity contribution in [3.63, 3.8) is 0 Å². The Bertz CT molecular complexity index is 1790. The number of hydrogen-bond acceptors (Lipinski definition) is 6. The molecular formula is C28H24F3N7O3. The topological polar surface area (TPSA) is 127 Å². The van der Waals surface area contributed by atoms with Crippen LogP contribution in [0.1, 0.15) is 32.0 Å². The van der Waals surface area contributed by atoms with Crippen molar-refractivity contribution in [2.75, 3.05) is 10.6 Å². The number of carbonyl (C=O) groups excluding carboxylic acids is 1. The number of para-hydroxylation sites is 1. The van der Waals surface area contributed by atoms with Gasteiger partial charge in [0.15, 0.2) is 11.4 Å². The number of hydrogen-bond donors (Lipinski definition) is 3. The van der Waals surface area contributed by atoms with E-state index in [0.29, 0.717) is 11.4 Å². The second kappa shape index (κ2) is 10.4. The standard InChI is InChI=1S/C28H24F3N7O3/c1-27(2,3)21-14-22(38(37-21)16-7-5-4-6-8-16)35-26(40)34-19-10-9-17(13-18(19)28(29,30)31)41-20-11-12-32-25-24(20)33-15-23(39)36-25/h4-15H,1-3H3,(H,32,36,39)(H2,34,35,40). The molecule has 0 saturated heterocycles. The van der Waals surface area contributed by atoms with E-state index in [1.807, 2.05) is 26.8 Å². The molecule has 13 heteroatoms. The van der Waals surface area contributed by atoms with Crippen LogP contribution in [-0.2, 0) is 11.6 Å². The van der Waals surface area contributed by atoms with E-state index in [1.165, 1.54) is 23.0 Å². The van der Waals surface area contributed by atoms with Gasteiger partial charge in [-0.3, -0.25) is 10.1 Å². The summed E-state index contributed by atoms with van der Waals surface area (Å²) < 4.78 is 49.3. The zero-order chi connectivity index (χ0) is 29.4. The Kier molecular flexibility index (Phi) is 6.95. The van der Waals surface area contributed by atoms with Gasteiger partial charge in [0, 0.05) is 23.7 Å². The average Bonchev–Trinajstić information content (AvgIpc) is 3.33. The van der Waals surface area contributed by atoms with E-state index >= 15 is 0 Å². The Morgan fingerprint density at radius 1 is 0.976 bits per heavy atom. The lowest BCUT2D eigenvalue weighted by Gasteiger charge is -2.16. The van der Waals surface area contributed by atoms with Gasteiger partial charge in [0.05, 0.1) is 28.8 Å². The van der Waals surface area contributed by atoms with Crippen LogP contribution in [0.5, 0.6) is 11.5 Å². The number of alkyl halides is 3. The summed E-state index contributed by atoms with van der Waals surface area (Å²) in [7, 11) is 0. The minimum absolute atomic E-state index is 0.0849. The Balaban J connectivity index is 1.42. The van der Waals surface area contributed by atoms with Gasteiger partial charge in [-0.25, -0.2) is 19.4 Å². The van der Waals surface area contributed by atoms with E-state index < -0.39 is 29.0 Å². The van der Waals surface area contributed by atoms with Gasteiger partial charge in [0.25, 0.3) is 5.56 Å². The molecular weight excluding hydrogens is 539 g/mol. The Hall–Kier alpha value is -5.20. The van der Waals surface area contributed by atoms with Crippen LogP contribution in [0.4, 0.5) is 29.5 Å². The molecule has 5 rings (SSSR count). The molecule has 5 aromatic rings. The van der Waals surface area contributed by atoms with Gasteiger partial charge in [-0.2, -0.15) is 18.3 Å². The summed E-state index contributed by atoms with van der Waals surface area (Å²) in [5, 5.41) is 9.50. The lowest BCUT2D eigenvalue weighted by Crippen LogP contribution is -2.23. The number of nitrogens with one attached hydrogen (secondary N) is 3. The number of benzene rings is 2. The molecule has 0 bridgehead atoms. The number of amides is 2. The minimum atomic E-state index is -4.82. The van der Waals surface area contributed by atoms with Crippen LogP contribution in [0.3, 0.4) is 0 Å².